The van der Waals surface area contributed by atoms with E-state index >= 15 is 0 Å². The van der Waals surface area contributed by atoms with Gasteiger partial charge in [-0.2, -0.15) is 5.26 Å². The minimum atomic E-state index is -0.789. The van der Waals surface area contributed by atoms with Crippen molar-refractivity contribution in [1.82, 2.24) is 24.3 Å². The van der Waals surface area contributed by atoms with Crippen molar-refractivity contribution in [3.8, 4) is 17.6 Å². The van der Waals surface area contributed by atoms with Crippen molar-refractivity contribution in [2.24, 2.45) is 5.41 Å². The summed E-state index contributed by atoms with van der Waals surface area (Å²) in [5.41, 5.74) is 0.419. The number of carbonyl (C=O) groups is 1. The number of nitrogens with one attached hydrogen (secondary N) is 1. The van der Waals surface area contributed by atoms with Crippen LogP contribution in [0.15, 0.2) is 36.8 Å². The third kappa shape index (κ3) is 3.24. The maximum Gasteiger partial charge on any atom is 0.243 e. The molecule has 8 nitrogen and oxygen atoms in total. The van der Waals surface area contributed by atoms with Gasteiger partial charge in [0, 0.05) is 31.5 Å². The molecule has 1 saturated carbocycles. The van der Waals surface area contributed by atoms with Crippen molar-refractivity contribution < 1.29 is 9.18 Å². The Morgan fingerprint density at radius 1 is 1.30 bits per heavy atom. The second-order valence-electron chi connectivity index (χ2n) is 7.91. The molecule has 3 aromatic rings. The van der Waals surface area contributed by atoms with E-state index < -0.39 is 5.41 Å². The second-order valence-corrected chi connectivity index (χ2v) is 7.91. The average Bonchev–Trinajstić information content (AvgIpc) is 3.46. The standard InChI is InChI=1S/C21H20FN7O/c22-14-3-4-18-25-10-16(29(18)11-14)19-24-8-5-17(27-19)26-15-2-1-9-28(12-15)20(30)21(13-23)6-7-21/h3-5,8,10-11,15H,1-2,6-7,9,12H2,(H,24,26,27)/t15-/m1/s1. The maximum absolute atomic E-state index is 13.7. The van der Waals surface area contributed by atoms with E-state index in [1.54, 1.807) is 33.8 Å². The van der Waals surface area contributed by atoms with Crippen LogP contribution in [-0.2, 0) is 4.79 Å². The molecule has 1 N–H and O–H groups in total. The molecule has 152 valence electrons. The molecule has 4 heterocycles. The SMILES string of the molecule is N#CC1(C(=O)N2CCC[C@@H](Nc3ccnc(-c4cnc5ccc(F)cn45)n3)C2)CC1. The molecule has 2 fully saturated rings. The van der Waals surface area contributed by atoms with E-state index in [4.69, 9.17) is 0 Å². The molecule has 2 aliphatic rings. The van der Waals surface area contributed by atoms with Crippen LogP contribution in [-0.4, -0.2) is 49.3 Å². The van der Waals surface area contributed by atoms with E-state index in [0.29, 0.717) is 48.9 Å². The summed E-state index contributed by atoms with van der Waals surface area (Å²) in [6.07, 6.45) is 7.71. The predicted octanol–water partition coefficient (Wildman–Crippen LogP) is 2.64. The molecule has 0 aromatic carbocycles. The summed E-state index contributed by atoms with van der Waals surface area (Å²) in [4.78, 5) is 27.6. The van der Waals surface area contributed by atoms with E-state index in [1.807, 2.05) is 0 Å². The van der Waals surface area contributed by atoms with Crippen LogP contribution >= 0.6 is 0 Å². The van der Waals surface area contributed by atoms with Gasteiger partial charge in [-0.05, 0) is 43.9 Å². The molecular formula is C21H20FN7O. The number of amides is 1. The number of carbonyl (C=O) groups excluding carboxylic acids is 1. The highest BCUT2D eigenvalue weighted by molar-refractivity contribution is 5.88. The van der Waals surface area contributed by atoms with Gasteiger partial charge < -0.3 is 10.2 Å². The lowest BCUT2D eigenvalue weighted by Crippen LogP contribution is -2.47. The van der Waals surface area contributed by atoms with E-state index in [1.165, 1.54) is 12.3 Å². The number of pyridine rings is 1. The fourth-order valence-electron chi connectivity index (χ4n) is 3.97. The molecule has 1 atom stereocenters. The van der Waals surface area contributed by atoms with Gasteiger partial charge in [-0.15, -0.1) is 0 Å². The smallest absolute Gasteiger partial charge is 0.243 e. The molecule has 5 rings (SSSR count). The number of hydrogen-bond donors (Lipinski definition) is 1. The molecule has 0 radical (unpaired) electrons. The molecule has 0 bridgehead atoms. The molecule has 1 aliphatic carbocycles. The minimum absolute atomic E-state index is 0.0413. The van der Waals surface area contributed by atoms with Gasteiger partial charge in [-0.1, -0.05) is 0 Å². The Morgan fingerprint density at radius 3 is 2.97 bits per heavy atom. The first-order valence-corrected chi connectivity index (χ1v) is 10.0. The zero-order chi connectivity index (χ0) is 20.7. The van der Waals surface area contributed by atoms with E-state index in [9.17, 15) is 14.4 Å². The second kappa shape index (κ2) is 7.06. The summed E-state index contributed by atoms with van der Waals surface area (Å²) in [5.74, 6) is 0.650. The quantitative estimate of drug-likeness (QED) is 0.716. The molecular weight excluding hydrogens is 385 g/mol. The topological polar surface area (TPSA) is 99.2 Å². The van der Waals surface area contributed by atoms with Gasteiger partial charge in [-0.3, -0.25) is 9.20 Å². The Labute approximate surface area is 172 Å². The Bertz CT molecular complexity index is 1160. The van der Waals surface area contributed by atoms with Crippen LogP contribution in [0.3, 0.4) is 0 Å². The van der Waals surface area contributed by atoms with E-state index in [0.717, 1.165) is 12.8 Å². The van der Waals surface area contributed by atoms with Gasteiger partial charge in [0.2, 0.25) is 5.91 Å². The number of aromatic nitrogens is 4. The van der Waals surface area contributed by atoms with Gasteiger partial charge in [0.1, 0.15) is 28.4 Å². The van der Waals surface area contributed by atoms with Gasteiger partial charge >= 0.3 is 0 Å². The third-order valence-electron chi connectivity index (χ3n) is 5.79. The fraction of sp³-hybridized carbons (Fsp3) is 0.381. The number of fused-ring (bicyclic) bond motifs is 1. The number of halogens is 1. The maximum atomic E-state index is 13.7. The molecule has 3 aromatic heterocycles. The van der Waals surface area contributed by atoms with E-state index in [2.05, 4.69) is 26.3 Å². The summed E-state index contributed by atoms with van der Waals surface area (Å²) in [7, 11) is 0. The van der Waals surface area contributed by atoms with Gasteiger partial charge in [0.15, 0.2) is 5.82 Å². The van der Waals surface area contributed by atoms with Crippen LogP contribution in [0, 0.1) is 22.6 Å². The Balaban J connectivity index is 1.34. The van der Waals surface area contributed by atoms with Gasteiger partial charge in [0.25, 0.3) is 0 Å². The molecule has 30 heavy (non-hydrogen) atoms. The number of likely N-dealkylation sites (tertiary alicyclic amines) is 1. The van der Waals surface area contributed by atoms with E-state index in [-0.39, 0.29) is 17.8 Å². The lowest BCUT2D eigenvalue weighted by Gasteiger charge is -2.34. The summed E-state index contributed by atoms with van der Waals surface area (Å²) in [6, 6.07) is 6.96. The minimum Gasteiger partial charge on any atom is -0.365 e. The van der Waals surface area contributed by atoms with Crippen LogP contribution in [0.2, 0.25) is 0 Å². The third-order valence-corrected chi connectivity index (χ3v) is 5.79. The zero-order valence-corrected chi connectivity index (χ0v) is 16.3. The van der Waals surface area contributed by atoms with Crippen molar-refractivity contribution in [2.45, 2.75) is 31.7 Å². The van der Waals surface area contributed by atoms with Crippen LogP contribution < -0.4 is 5.32 Å². The number of rotatable bonds is 4. The van der Waals surface area contributed by atoms with Crippen LogP contribution in [0.4, 0.5) is 10.2 Å². The van der Waals surface area contributed by atoms with Crippen molar-refractivity contribution in [2.75, 3.05) is 18.4 Å². The summed E-state index contributed by atoms with van der Waals surface area (Å²) < 4.78 is 15.3. The number of piperidine rings is 1. The van der Waals surface area contributed by atoms with Crippen molar-refractivity contribution in [1.29, 1.82) is 5.26 Å². The van der Waals surface area contributed by atoms with Crippen LogP contribution in [0.1, 0.15) is 25.7 Å². The van der Waals surface area contributed by atoms with Gasteiger partial charge in [0.05, 0.1) is 12.3 Å². The fourth-order valence-corrected chi connectivity index (χ4v) is 3.97. The number of nitrogens with zero attached hydrogens (tertiary/aromatic N) is 6. The van der Waals surface area contributed by atoms with Crippen LogP contribution in [0.5, 0.6) is 0 Å². The first kappa shape index (κ1) is 18.5. The average molecular weight is 405 g/mol. The lowest BCUT2D eigenvalue weighted by atomic mass is 10.0. The largest absolute Gasteiger partial charge is 0.365 e. The first-order valence-electron chi connectivity index (χ1n) is 10.0. The van der Waals surface area contributed by atoms with Crippen molar-refractivity contribution in [3.05, 3.63) is 42.6 Å². The Kier molecular flexibility index (Phi) is 4.35. The summed E-state index contributed by atoms with van der Waals surface area (Å²) in [6.45, 7) is 1.23. The first-order chi connectivity index (χ1) is 14.6. The van der Waals surface area contributed by atoms with Crippen molar-refractivity contribution >= 4 is 17.4 Å². The number of anilines is 1. The highest BCUT2D eigenvalue weighted by Gasteiger charge is 2.52. The van der Waals surface area contributed by atoms with Crippen LogP contribution in [0.25, 0.3) is 17.2 Å². The number of nitriles is 1. The summed E-state index contributed by atoms with van der Waals surface area (Å²) >= 11 is 0. The highest BCUT2D eigenvalue weighted by Crippen LogP contribution is 2.46. The Hall–Kier alpha value is -3.54. The van der Waals surface area contributed by atoms with Gasteiger partial charge in [-0.25, -0.2) is 19.3 Å². The molecule has 9 heteroatoms. The normalized spacial score (nSPS) is 20.0. The number of hydrogen-bond acceptors (Lipinski definition) is 6. The lowest BCUT2D eigenvalue weighted by molar-refractivity contribution is -0.136. The Morgan fingerprint density at radius 2 is 2.17 bits per heavy atom. The molecule has 1 saturated heterocycles. The summed E-state index contributed by atoms with van der Waals surface area (Å²) in [5, 5.41) is 12.7. The molecule has 1 amide bonds. The highest BCUT2D eigenvalue weighted by atomic mass is 19.1. The molecule has 0 unspecified atom stereocenters. The number of imidazole rings is 1. The predicted molar refractivity (Wildman–Crippen MR) is 107 cm³/mol. The molecule has 1 aliphatic heterocycles. The van der Waals surface area contributed by atoms with Crippen molar-refractivity contribution in [3.63, 3.8) is 0 Å². The zero-order valence-electron chi connectivity index (χ0n) is 16.3. The molecule has 0 spiro atoms. The monoisotopic (exact) mass is 405 g/mol.